The standard InChI is InChI=1S/C18H22O5S.Na/c1-2-3-4-5-7-14-10-11-17(18(12-14)24(20,21)22)23-16-9-6-8-15(19)13-16;/h6,8-13,19H,2-5,7H2,1H3,(H,20,21,22);/q;+1/p-1. The summed E-state index contributed by atoms with van der Waals surface area (Å²) < 4.78 is 38.2. The normalized spacial score (nSPS) is 11.0. The van der Waals surface area contributed by atoms with Crippen LogP contribution >= 0.6 is 0 Å². The van der Waals surface area contributed by atoms with Crippen molar-refractivity contribution < 1.29 is 52.4 Å². The summed E-state index contributed by atoms with van der Waals surface area (Å²) in [5, 5.41) is 11.3. The second-order valence-corrected chi connectivity index (χ2v) is 7.03. The van der Waals surface area contributed by atoms with Crippen LogP contribution in [0.2, 0.25) is 0 Å². The van der Waals surface area contributed by atoms with Crippen molar-refractivity contribution in [2.45, 2.75) is 43.9 Å². The van der Waals surface area contributed by atoms with Gasteiger partial charge >= 0.3 is 29.6 Å². The van der Waals surface area contributed by atoms with Crippen LogP contribution < -0.4 is 39.4 Å². The molecule has 0 bridgehead atoms. The summed E-state index contributed by atoms with van der Waals surface area (Å²) in [5.41, 5.74) is 0.823. The largest absolute Gasteiger partial charge is 1.00 e. The number of ether oxygens (including phenoxy) is 1. The van der Waals surface area contributed by atoms with Crippen molar-refractivity contribution in [3.8, 4) is 17.2 Å². The summed E-state index contributed by atoms with van der Waals surface area (Å²) in [4.78, 5) is -0.285. The zero-order chi connectivity index (χ0) is 17.6. The fourth-order valence-corrected chi connectivity index (χ4v) is 3.08. The number of rotatable bonds is 8. The van der Waals surface area contributed by atoms with Crippen LogP contribution in [0.15, 0.2) is 47.4 Å². The summed E-state index contributed by atoms with van der Waals surface area (Å²) >= 11 is 0. The summed E-state index contributed by atoms with van der Waals surface area (Å²) in [6.07, 6.45) is 5.03. The van der Waals surface area contributed by atoms with Gasteiger partial charge in [0, 0.05) is 0 Å². The Morgan fingerprint density at radius 2 is 1.84 bits per heavy atom. The molecule has 0 saturated carbocycles. The van der Waals surface area contributed by atoms with Crippen LogP contribution in [0, 0.1) is 0 Å². The topological polar surface area (TPSA) is 86.7 Å². The summed E-state index contributed by atoms with van der Waals surface area (Å²) in [6, 6.07) is 10.4. The van der Waals surface area contributed by atoms with E-state index in [-0.39, 0.29) is 51.7 Å². The van der Waals surface area contributed by atoms with Crippen LogP contribution in [0.5, 0.6) is 17.2 Å². The molecular formula is C18H21NaO5S. The molecule has 0 fully saturated rings. The second-order valence-electron chi connectivity index (χ2n) is 5.64. The van der Waals surface area contributed by atoms with Gasteiger partial charge in [-0.25, -0.2) is 0 Å². The SMILES string of the molecule is CCCCCCc1ccc(Oc2cccc([O-])c2)c(S(=O)(=O)O)c1.[Na+]. The van der Waals surface area contributed by atoms with E-state index in [1.54, 1.807) is 12.1 Å². The molecule has 0 amide bonds. The smallest absolute Gasteiger partial charge is 0.872 e. The van der Waals surface area contributed by atoms with Crippen molar-refractivity contribution in [3.63, 3.8) is 0 Å². The van der Waals surface area contributed by atoms with E-state index in [2.05, 4.69) is 6.92 Å². The molecule has 0 spiro atoms. The zero-order valence-corrected chi connectivity index (χ0v) is 17.4. The van der Waals surface area contributed by atoms with Gasteiger partial charge in [-0.2, -0.15) is 8.42 Å². The van der Waals surface area contributed by atoms with Gasteiger partial charge in [0.2, 0.25) is 0 Å². The van der Waals surface area contributed by atoms with E-state index in [4.69, 9.17) is 4.74 Å². The van der Waals surface area contributed by atoms with Crippen molar-refractivity contribution in [1.29, 1.82) is 0 Å². The van der Waals surface area contributed by atoms with Crippen molar-refractivity contribution in [3.05, 3.63) is 48.0 Å². The third-order valence-electron chi connectivity index (χ3n) is 3.64. The minimum absolute atomic E-state index is 0. The van der Waals surface area contributed by atoms with Gasteiger partial charge in [0.05, 0.1) is 0 Å². The molecule has 0 aliphatic carbocycles. The maximum Gasteiger partial charge on any atom is 1.00 e. The number of benzene rings is 2. The van der Waals surface area contributed by atoms with Crippen molar-refractivity contribution >= 4 is 10.1 Å². The maximum absolute atomic E-state index is 11.7. The Balaban J connectivity index is 0.00000312. The molecule has 0 heterocycles. The molecule has 7 heteroatoms. The van der Waals surface area contributed by atoms with Gasteiger partial charge in [0.25, 0.3) is 10.1 Å². The Labute approximate surface area is 171 Å². The predicted octanol–water partition coefficient (Wildman–Crippen LogP) is 0.926. The number of aryl methyl sites for hydroxylation is 1. The first-order valence-corrected chi connectivity index (χ1v) is 9.39. The van der Waals surface area contributed by atoms with Crippen LogP contribution in [0.25, 0.3) is 0 Å². The maximum atomic E-state index is 11.7. The molecule has 25 heavy (non-hydrogen) atoms. The van der Waals surface area contributed by atoms with E-state index in [1.165, 1.54) is 30.3 Å². The van der Waals surface area contributed by atoms with Gasteiger partial charge in [-0.05, 0) is 42.7 Å². The van der Waals surface area contributed by atoms with Gasteiger partial charge in [-0.3, -0.25) is 4.55 Å². The number of unbranched alkanes of at least 4 members (excludes halogenated alkanes) is 3. The van der Waals surface area contributed by atoms with Gasteiger partial charge in [-0.15, -0.1) is 5.75 Å². The third-order valence-corrected chi connectivity index (χ3v) is 4.51. The summed E-state index contributed by atoms with van der Waals surface area (Å²) in [7, 11) is -4.42. The molecule has 0 aliphatic rings. The fraction of sp³-hybridized carbons (Fsp3) is 0.333. The van der Waals surface area contributed by atoms with Crippen LogP contribution in [0.1, 0.15) is 38.2 Å². The molecule has 130 valence electrons. The van der Waals surface area contributed by atoms with E-state index < -0.39 is 10.1 Å². The van der Waals surface area contributed by atoms with Gasteiger partial charge < -0.3 is 9.84 Å². The molecule has 0 radical (unpaired) electrons. The first kappa shape index (κ1) is 22.0. The molecule has 0 unspecified atom stereocenters. The van der Waals surface area contributed by atoms with E-state index in [1.807, 2.05) is 0 Å². The van der Waals surface area contributed by atoms with E-state index in [0.717, 1.165) is 37.7 Å². The van der Waals surface area contributed by atoms with E-state index in [9.17, 15) is 18.1 Å². The molecule has 2 rings (SSSR count). The quantitative estimate of drug-likeness (QED) is 0.423. The third kappa shape index (κ3) is 6.99. The van der Waals surface area contributed by atoms with Crippen molar-refractivity contribution in [2.24, 2.45) is 0 Å². The summed E-state index contributed by atoms with van der Waals surface area (Å²) in [5.74, 6) is -0.0167. The average molecular weight is 372 g/mol. The minimum atomic E-state index is -4.42. The Bertz CT molecular complexity index is 790. The zero-order valence-electron chi connectivity index (χ0n) is 14.6. The van der Waals surface area contributed by atoms with Crippen LogP contribution in [-0.4, -0.2) is 13.0 Å². The summed E-state index contributed by atoms with van der Waals surface area (Å²) in [6.45, 7) is 2.12. The Kier molecular flexibility index (Phi) is 8.96. The molecular weight excluding hydrogens is 351 g/mol. The molecule has 2 aromatic carbocycles. The molecule has 0 saturated heterocycles. The first-order chi connectivity index (χ1) is 11.4. The van der Waals surface area contributed by atoms with Gasteiger partial charge in [-0.1, -0.05) is 44.4 Å². The Hall–Kier alpha value is -1.05. The molecule has 5 nitrogen and oxygen atoms in total. The first-order valence-electron chi connectivity index (χ1n) is 7.95. The van der Waals surface area contributed by atoms with Crippen molar-refractivity contribution in [2.75, 3.05) is 0 Å². The fourth-order valence-electron chi connectivity index (χ4n) is 2.41. The average Bonchev–Trinajstić information content (AvgIpc) is 2.52. The van der Waals surface area contributed by atoms with E-state index >= 15 is 0 Å². The molecule has 0 atom stereocenters. The monoisotopic (exact) mass is 372 g/mol. The second kappa shape index (κ2) is 10.2. The van der Waals surface area contributed by atoms with Crippen molar-refractivity contribution in [1.82, 2.24) is 0 Å². The Morgan fingerprint density at radius 1 is 1.08 bits per heavy atom. The van der Waals surface area contributed by atoms with Gasteiger partial charge in [0.1, 0.15) is 16.4 Å². The number of hydrogen-bond acceptors (Lipinski definition) is 4. The molecule has 2 aromatic rings. The van der Waals surface area contributed by atoms with Gasteiger partial charge in [0.15, 0.2) is 0 Å². The molecule has 0 aliphatic heterocycles. The molecule has 0 aromatic heterocycles. The van der Waals surface area contributed by atoms with Crippen LogP contribution in [-0.2, 0) is 16.5 Å². The Morgan fingerprint density at radius 3 is 2.48 bits per heavy atom. The van der Waals surface area contributed by atoms with Crippen LogP contribution in [0.4, 0.5) is 0 Å². The predicted molar refractivity (Wildman–Crippen MR) is 90.1 cm³/mol. The molecule has 1 N–H and O–H groups in total. The van der Waals surface area contributed by atoms with Crippen LogP contribution in [0.3, 0.4) is 0 Å². The number of hydrogen-bond donors (Lipinski definition) is 1. The van der Waals surface area contributed by atoms with E-state index in [0.29, 0.717) is 0 Å². The minimum Gasteiger partial charge on any atom is -0.872 e.